The number of benzene rings is 1. The molecule has 2 amide bonds. The maximum Gasteiger partial charge on any atom is 0.324 e. The van der Waals surface area contributed by atoms with Crippen molar-refractivity contribution in [3.05, 3.63) is 47.8 Å². The highest BCUT2D eigenvalue weighted by Crippen LogP contribution is 2.49. The summed E-state index contributed by atoms with van der Waals surface area (Å²) in [7, 11) is 5.99. The molecular weight excluding hydrogens is 428 g/mol. The maximum absolute atomic E-state index is 13.6. The van der Waals surface area contributed by atoms with Gasteiger partial charge in [-0.15, -0.1) is 0 Å². The molecule has 1 saturated carbocycles. The number of ether oxygens (including phenoxy) is 1. The molecule has 8 nitrogen and oxygen atoms in total. The molecule has 1 saturated heterocycles. The first-order chi connectivity index (χ1) is 16.3. The Balaban J connectivity index is 1.90. The van der Waals surface area contributed by atoms with Crippen LogP contribution in [0.4, 0.5) is 4.79 Å². The van der Waals surface area contributed by atoms with Crippen LogP contribution in [0.3, 0.4) is 0 Å². The van der Waals surface area contributed by atoms with Crippen LogP contribution in [0.1, 0.15) is 44.6 Å². The molecule has 1 aromatic rings. The number of methoxy groups -OCH3 is 1. The highest BCUT2D eigenvalue weighted by molar-refractivity contribution is 5.99. The van der Waals surface area contributed by atoms with Crippen LogP contribution in [-0.4, -0.2) is 79.7 Å². The quantitative estimate of drug-likeness (QED) is 0.330. The number of allylic oxidation sites excluding steroid dienone is 1. The van der Waals surface area contributed by atoms with Crippen LogP contribution in [0.2, 0.25) is 0 Å². The lowest BCUT2D eigenvalue weighted by molar-refractivity contribution is 0.0228. The molecule has 8 heteroatoms. The Kier molecular flexibility index (Phi) is 8.24. The molecule has 0 aromatic heterocycles. The Bertz CT molecular complexity index is 971. The number of amidine groups is 1. The summed E-state index contributed by atoms with van der Waals surface area (Å²) in [5.41, 5.74) is 1.73. The predicted molar refractivity (Wildman–Crippen MR) is 135 cm³/mol. The zero-order chi connectivity index (χ0) is 24.8. The minimum Gasteiger partial charge on any atom is -0.385 e. The van der Waals surface area contributed by atoms with Crippen LogP contribution in [-0.2, 0) is 10.3 Å². The van der Waals surface area contributed by atoms with Gasteiger partial charge in [0.25, 0.3) is 0 Å². The van der Waals surface area contributed by atoms with E-state index in [0.29, 0.717) is 25.4 Å². The standard InChI is InChI=1S/C26H36N6O2/c1-21(19-29-23(18-27)28-2)31-20-25(32(24(31)33)16-9-17-34-5)12-14-26(15-13-25,30(3)4)22-10-7-6-8-11-22/h6-8,10-11,19H,2,9,12-17,20H2,1,3-5H3/b21-19+,29-23-/t25-,26+. The summed E-state index contributed by atoms with van der Waals surface area (Å²) in [6, 6.07) is 12.6. The molecule has 0 radical (unpaired) electrons. The van der Waals surface area contributed by atoms with Gasteiger partial charge in [-0.2, -0.15) is 5.26 Å². The van der Waals surface area contributed by atoms with Gasteiger partial charge in [-0.25, -0.2) is 14.8 Å². The summed E-state index contributed by atoms with van der Waals surface area (Å²) in [5.74, 6) is -0.0195. The lowest BCUT2D eigenvalue weighted by atomic mass is 9.68. The molecule has 1 aliphatic heterocycles. The summed E-state index contributed by atoms with van der Waals surface area (Å²) in [5, 5.41) is 9.06. The van der Waals surface area contributed by atoms with E-state index in [9.17, 15) is 4.79 Å². The van der Waals surface area contributed by atoms with Gasteiger partial charge in [0.05, 0.1) is 12.1 Å². The second-order valence-corrected chi connectivity index (χ2v) is 9.38. The highest BCUT2D eigenvalue weighted by Gasteiger charge is 2.54. The number of carbonyl (C=O) groups is 1. The van der Waals surface area contributed by atoms with E-state index in [-0.39, 0.29) is 22.9 Å². The van der Waals surface area contributed by atoms with E-state index in [4.69, 9.17) is 10.00 Å². The van der Waals surface area contributed by atoms with Gasteiger partial charge in [-0.05, 0) is 65.4 Å². The molecule has 1 heterocycles. The van der Waals surface area contributed by atoms with Crippen molar-refractivity contribution < 1.29 is 9.53 Å². The van der Waals surface area contributed by atoms with Gasteiger partial charge >= 0.3 is 6.03 Å². The SMILES string of the molecule is C=N/C(C#N)=N\C=C(/C)N1C[C@]2(CC[C@](c3ccccc3)(N(C)C)CC2)N(CCCOC)C1=O. The van der Waals surface area contributed by atoms with E-state index in [0.717, 1.165) is 32.1 Å². The number of nitriles is 1. The van der Waals surface area contributed by atoms with Crippen molar-refractivity contribution in [3.63, 3.8) is 0 Å². The smallest absolute Gasteiger partial charge is 0.324 e. The molecular formula is C26H36N6O2. The van der Waals surface area contributed by atoms with E-state index in [1.165, 1.54) is 11.8 Å². The van der Waals surface area contributed by atoms with Crippen molar-refractivity contribution in [2.75, 3.05) is 40.9 Å². The number of hydrogen-bond acceptors (Lipinski definition) is 5. The summed E-state index contributed by atoms with van der Waals surface area (Å²) in [6.07, 6.45) is 6.06. The fraction of sp³-hybridized carbons (Fsp3) is 0.538. The number of rotatable bonds is 8. The minimum absolute atomic E-state index is 0.0119. The number of nitrogens with zero attached hydrogens (tertiary/aromatic N) is 6. The average Bonchev–Trinajstić information content (AvgIpc) is 3.12. The molecule has 182 valence electrons. The fourth-order valence-electron chi connectivity index (χ4n) is 5.40. The third-order valence-electron chi connectivity index (χ3n) is 7.44. The van der Waals surface area contributed by atoms with Crippen LogP contribution in [0.25, 0.3) is 0 Å². The largest absolute Gasteiger partial charge is 0.385 e. The van der Waals surface area contributed by atoms with Gasteiger partial charge in [0.15, 0.2) is 0 Å². The maximum atomic E-state index is 13.6. The number of amides is 2. The highest BCUT2D eigenvalue weighted by atomic mass is 16.5. The monoisotopic (exact) mass is 464 g/mol. The third kappa shape index (κ3) is 4.91. The second kappa shape index (κ2) is 10.9. The van der Waals surface area contributed by atoms with Gasteiger partial charge in [0, 0.05) is 37.7 Å². The van der Waals surface area contributed by atoms with Crippen molar-refractivity contribution >= 4 is 18.6 Å². The fourth-order valence-corrected chi connectivity index (χ4v) is 5.40. The van der Waals surface area contributed by atoms with Crippen molar-refractivity contribution in [1.29, 1.82) is 5.26 Å². The molecule has 1 aromatic carbocycles. The van der Waals surface area contributed by atoms with Crippen LogP contribution >= 0.6 is 0 Å². The molecule has 1 spiro atoms. The number of aliphatic imine (C=N–C) groups is 2. The molecule has 0 unspecified atom stereocenters. The average molecular weight is 465 g/mol. The van der Waals surface area contributed by atoms with Crippen LogP contribution in [0, 0.1) is 11.3 Å². The first-order valence-electron chi connectivity index (χ1n) is 11.8. The van der Waals surface area contributed by atoms with Gasteiger partial charge in [0.1, 0.15) is 6.07 Å². The molecule has 3 rings (SSSR count). The summed E-state index contributed by atoms with van der Waals surface area (Å²) in [4.78, 5) is 27.4. The Labute approximate surface area is 203 Å². The van der Waals surface area contributed by atoms with Crippen molar-refractivity contribution in [2.24, 2.45) is 9.98 Å². The summed E-state index contributed by atoms with van der Waals surface area (Å²) >= 11 is 0. The molecule has 2 aliphatic rings. The van der Waals surface area contributed by atoms with E-state index in [1.54, 1.807) is 12.0 Å². The Morgan fingerprint density at radius 3 is 2.50 bits per heavy atom. The summed E-state index contributed by atoms with van der Waals surface area (Å²) in [6.45, 7) is 7.08. The van der Waals surface area contributed by atoms with Crippen molar-refractivity contribution in [1.82, 2.24) is 14.7 Å². The zero-order valence-corrected chi connectivity index (χ0v) is 20.8. The Hall–Kier alpha value is -3.02. The molecule has 0 N–H and O–H groups in total. The minimum atomic E-state index is -0.243. The van der Waals surface area contributed by atoms with Gasteiger partial charge in [-0.1, -0.05) is 30.3 Å². The van der Waals surface area contributed by atoms with E-state index in [2.05, 4.69) is 70.9 Å². The molecule has 1 aliphatic carbocycles. The molecule has 34 heavy (non-hydrogen) atoms. The Morgan fingerprint density at radius 1 is 1.26 bits per heavy atom. The van der Waals surface area contributed by atoms with E-state index >= 15 is 0 Å². The normalized spacial score (nSPS) is 25.8. The molecule has 0 bridgehead atoms. The third-order valence-corrected chi connectivity index (χ3v) is 7.44. The summed E-state index contributed by atoms with van der Waals surface area (Å²) < 4.78 is 5.26. The zero-order valence-electron chi connectivity index (χ0n) is 20.8. The number of urea groups is 1. The van der Waals surface area contributed by atoms with Gasteiger partial charge in [0.2, 0.25) is 5.84 Å². The van der Waals surface area contributed by atoms with Gasteiger partial charge in [-0.3, -0.25) is 9.80 Å². The van der Waals surface area contributed by atoms with Crippen LogP contribution < -0.4 is 0 Å². The van der Waals surface area contributed by atoms with Crippen LogP contribution in [0.5, 0.6) is 0 Å². The first-order valence-corrected chi connectivity index (χ1v) is 11.8. The number of hydrogen-bond donors (Lipinski definition) is 0. The van der Waals surface area contributed by atoms with Crippen LogP contribution in [0.15, 0.2) is 52.2 Å². The van der Waals surface area contributed by atoms with Crippen molar-refractivity contribution in [3.8, 4) is 6.07 Å². The van der Waals surface area contributed by atoms with E-state index < -0.39 is 0 Å². The first kappa shape index (κ1) is 25.6. The van der Waals surface area contributed by atoms with Crippen molar-refractivity contribution in [2.45, 2.75) is 50.1 Å². The Morgan fingerprint density at radius 2 is 1.94 bits per heavy atom. The topological polar surface area (TPSA) is 84.5 Å². The molecule has 2 fully saturated rings. The predicted octanol–water partition coefficient (Wildman–Crippen LogP) is 4.01. The second-order valence-electron chi connectivity index (χ2n) is 9.38. The van der Waals surface area contributed by atoms with E-state index in [1.807, 2.05) is 13.0 Å². The molecule has 0 atom stereocenters. The lowest BCUT2D eigenvalue weighted by Crippen LogP contribution is -2.55. The van der Waals surface area contributed by atoms with Gasteiger partial charge < -0.3 is 9.64 Å². The lowest BCUT2D eigenvalue weighted by Gasteiger charge is -2.51. The number of carbonyl (C=O) groups excluding carboxylic acids is 1.